The van der Waals surface area contributed by atoms with Gasteiger partial charge in [-0.15, -0.1) is 5.10 Å². The Morgan fingerprint density at radius 3 is 2.61 bits per heavy atom. The summed E-state index contributed by atoms with van der Waals surface area (Å²) in [6, 6.07) is 9.48. The fourth-order valence-electron chi connectivity index (χ4n) is 2.69. The lowest BCUT2D eigenvalue weighted by Crippen LogP contribution is -2.08. The normalized spacial score (nSPS) is 11.7. The molecular formula is C18H13F3N6O. The SMILES string of the molecule is O=c1cc(Cc2nccc3nc(Nc4ccc(C(F)(F)F)cc4)nn23)cc[nH]1. The van der Waals surface area contributed by atoms with Gasteiger partial charge in [0.25, 0.3) is 0 Å². The summed E-state index contributed by atoms with van der Waals surface area (Å²) in [6.45, 7) is 0. The maximum atomic E-state index is 12.7. The molecule has 3 heterocycles. The van der Waals surface area contributed by atoms with E-state index in [9.17, 15) is 18.0 Å². The lowest BCUT2D eigenvalue weighted by molar-refractivity contribution is -0.137. The highest BCUT2D eigenvalue weighted by molar-refractivity contribution is 5.56. The van der Waals surface area contributed by atoms with Crippen LogP contribution in [0.2, 0.25) is 0 Å². The molecule has 0 aliphatic rings. The van der Waals surface area contributed by atoms with Crippen LogP contribution in [-0.2, 0) is 12.6 Å². The summed E-state index contributed by atoms with van der Waals surface area (Å²) >= 11 is 0. The van der Waals surface area contributed by atoms with Crippen molar-refractivity contribution in [2.24, 2.45) is 0 Å². The largest absolute Gasteiger partial charge is 0.416 e. The molecule has 0 amide bonds. The molecule has 0 atom stereocenters. The fourth-order valence-corrected chi connectivity index (χ4v) is 2.69. The van der Waals surface area contributed by atoms with E-state index in [2.05, 4.69) is 25.4 Å². The number of pyridine rings is 1. The summed E-state index contributed by atoms with van der Waals surface area (Å²) < 4.78 is 39.5. The zero-order valence-corrected chi connectivity index (χ0v) is 14.2. The van der Waals surface area contributed by atoms with Gasteiger partial charge in [-0.05, 0) is 35.9 Å². The Hall–Kier alpha value is -3.69. The highest BCUT2D eigenvalue weighted by atomic mass is 19.4. The van der Waals surface area contributed by atoms with Crippen molar-refractivity contribution in [2.45, 2.75) is 12.6 Å². The van der Waals surface area contributed by atoms with E-state index in [-0.39, 0.29) is 11.5 Å². The Kier molecular flexibility index (Phi) is 4.30. The number of aromatic nitrogens is 5. The molecule has 0 bridgehead atoms. The number of hydrogen-bond acceptors (Lipinski definition) is 5. The topological polar surface area (TPSA) is 88.0 Å². The quantitative estimate of drug-likeness (QED) is 0.563. The van der Waals surface area contributed by atoms with E-state index in [0.717, 1.165) is 17.7 Å². The molecule has 0 unspecified atom stereocenters. The number of benzene rings is 1. The van der Waals surface area contributed by atoms with E-state index in [1.807, 2.05) is 0 Å². The molecule has 0 aliphatic heterocycles. The second-order valence-corrected chi connectivity index (χ2v) is 6.00. The van der Waals surface area contributed by atoms with Gasteiger partial charge in [0.2, 0.25) is 11.5 Å². The van der Waals surface area contributed by atoms with Crippen molar-refractivity contribution in [1.82, 2.24) is 24.6 Å². The van der Waals surface area contributed by atoms with E-state index in [0.29, 0.717) is 23.6 Å². The van der Waals surface area contributed by atoms with Gasteiger partial charge in [-0.3, -0.25) is 4.79 Å². The Balaban J connectivity index is 1.60. The van der Waals surface area contributed by atoms with Crippen LogP contribution in [0.3, 0.4) is 0 Å². The first-order valence-corrected chi connectivity index (χ1v) is 8.21. The monoisotopic (exact) mass is 386 g/mol. The lowest BCUT2D eigenvalue weighted by atomic mass is 10.2. The van der Waals surface area contributed by atoms with Crippen LogP contribution >= 0.6 is 0 Å². The van der Waals surface area contributed by atoms with Gasteiger partial charge in [-0.25, -0.2) is 4.98 Å². The number of nitrogens with one attached hydrogen (secondary N) is 2. The zero-order valence-electron chi connectivity index (χ0n) is 14.2. The molecule has 28 heavy (non-hydrogen) atoms. The number of aromatic amines is 1. The number of rotatable bonds is 4. The Morgan fingerprint density at radius 2 is 1.89 bits per heavy atom. The molecule has 0 fully saturated rings. The van der Waals surface area contributed by atoms with Crippen molar-refractivity contribution >= 4 is 17.3 Å². The van der Waals surface area contributed by atoms with Crippen molar-refractivity contribution < 1.29 is 13.2 Å². The van der Waals surface area contributed by atoms with Crippen LogP contribution in [-0.4, -0.2) is 24.6 Å². The predicted molar refractivity (Wildman–Crippen MR) is 95.4 cm³/mol. The van der Waals surface area contributed by atoms with Gasteiger partial charge in [-0.2, -0.15) is 22.7 Å². The third-order valence-electron chi connectivity index (χ3n) is 3.99. The first kappa shape index (κ1) is 17.7. The lowest BCUT2D eigenvalue weighted by Gasteiger charge is -2.07. The molecule has 0 radical (unpaired) electrons. The van der Waals surface area contributed by atoms with Crippen LogP contribution in [0.4, 0.5) is 24.8 Å². The summed E-state index contributed by atoms with van der Waals surface area (Å²) in [6.07, 6.45) is -0.894. The maximum absolute atomic E-state index is 12.7. The van der Waals surface area contributed by atoms with Gasteiger partial charge < -0.3 is 10.3 Å². The number of alkyl halides is 3. The van der Waals surface area contributed by atoms with E-state index in [4.69, 9.17) is 0 Å². The molecule has 10 heteroatoms. The molecule has 7 nitrogen and oxygen atoms in total. The standard InChI is InChI=1S/C18H13F3N6O/c19-18(20,21)12-1-3-13(4-2-12)24-17-25-14-6-8-22-15(27(14)26-17)9-11-5-7-23-16(28)10-11/h1-8,10H,9H2,(H,23,28)(H,24,26). The molecule has 4 rings (SSSR count). The van der Waals surface area contributed by atoms with Gasteiger partial charge >= 0.3 is 6.18 Å². The summed E-state index contributed by atoms with van der Waals surface area (Å²) in [5.74, 6) is 0.788. The third-order valence-corrected chi connectivity index (χ3v) is 3.99. The highest BCUT2D eigenvalue weighted by Gasteiger charge is 2.29. The van der Waals surface area contributed by atoms with Crippen molar-refractivity contribution in [2.75, 3.05) is 5.32 Å². The van der Waals surface area contributed by atoms with E-state index in [1.54, 1.807) is 24.5 Å². The molecule has 0 aliphatic carbocycles. The fraction of sp³-hybridized carbons (Fsp3) is 0.111. The van der Waals surface area contributed by atoms with Gasteiger partial charge in [0.15, 0.2) is 5.65 Å². The number of halogens is 3. The Labute approximate surface area is 155 Å². The summed E-state index contributed by atoms with van der Waals surface area (Å²) in [5, 5.41) is 7.20. The molecule has 3 aromatic heterocycles. The minimum absolute atomic E-state index is 0.215. The van der Waals surface area contributed by atoms with Crippen molar-refractivity contribution in [1.29, 1.82) is 0 Å². The number of H-pyrrole nitrogens is 1. The van der Waals surface area contributed by atoms with E-state index >= 15 is 0 Å². The van der Waals surface area contributed by atoms with Crippen molar-refractivity contribution in [3.8, 4) is 0 Å². The Morgan fingerprint density at radius 1 is 1.11 bits per heavy atom. The number of hydrogen-bond donors (Lipinski definition) is 2. The highest BCUT2D eigenvalue weighted by Crippen LogP contribution is 2.30. The molecule has 0 saturated heterocycles. The number of nitrogens with zero attached hydrogens (tertiary/aromatic N) is 4. The summed E-state index contributed by atoms with van der Waals surface area (Å²) in [4.78, 5) is 22.6. The molecule has 0 spiro atoms. The molecule has 2 N–H and O–H groups in total. The first-order chi connectivity index (χ1) is 13.4. The van der Waals surface area contributed by atoms with Crippen molar-refractivity contribution in [3.63, 3.8) is 0 Å². The average molecular weight is 386 g/mol. The van der Waals surface area contributed by atoms with Crippen LogP contribution in [0, 0.1) is 0 Å². The van der Waals surface area contributed by atoms with Crippen LogP contribution in [0.5, 0.6) is 0 Å². The van der Waals surface area contributed by atoms with Crippen LogP contribution in [0.15, 0.2) is 59.7 Å². The van der Waals surface area contributed by atoms with E-state index < -0.39 is 11.7 Å². The van der Waals surface area contributed by atoms with Crippen LogP contribution < -0.4 is 10.9 Å². The van der Waals surface area contributed by atoms with E-state index in [1.165, 1.54) is 22.7 Å². The van der Waals surface area contributed by atoms with Crippen LogP contribution in [0.25, 0.3) is 5.65 Å². The predicted octanol–water partition coefficient (Wildman–Crippen LogP) is 3.17. The summed E-state index contributed by atoms with van der Waals surface area (Å²) in [5.41, 5.74) is 0.757. The minimum Gasteiger partial charge on any atom is -0.329 e. The second kappa shape index (κ2) is 6.80. The van der Waals surface area contributed by atoms with Gasteiger partial charge in [0.05, 0.1) is 5.56 Å². The van der Waals surface area contributed by atoms with Crippen molar-refractivity contribution in [3.05, 3.63) is 82.2 Å². The second-order valence-electron chi connectivity index (χ2n) is 6.00. The first-order valence-electron chi connectivity index (χ1n) is 8.21. The maximum Gasteiger partial charge on any atom is 0.416 e. The molecule has 1 aromatic carbocycles. The Bertz CT molecular complexity index is 1180. The number of fused-ring (bicyclic) bond motifs is 1. The van der Waals surface area contributed by atoms with Gasteiger partial charge in [0, 0.05) is 36.6 Å². The minimum atomic E-state index is -4.39. The van der Waals surface area contributed by atoms with Gasteiger partial charge in [-0.1, -0.05) is 0 Å². The number of anilines is 2. The molecular weight excluding hydrogens is 373 g/mol. The smallest absolute Gasteiger partial charge is 0.329 e. The zero-order chi connectivity index (χ0) is 19.7. The molecule has 0 saturated carbocycles. The van der Waals surface area contributed by atoms with Gasteiger partial charge in [0.1, 0.15) is 5.82 Å². The summed E-state index contributed by atoms with van der Waals surface area (Å²) in [7, 11) is 0. The third kappa shape index (κ3) is 3.70. The van der Waals surface area contributed by atoms with Crippen LogP contribution in [0.1, 0.15) is 17.0 Å². The molecule has 142 valence electrons. The average Bonchev–Trinajstić information content (AvgIpc) is 3.05. The molecule has 4 aromatic rings.